The maximum atomic E-state index is 12.3. The van der Waals surface area contributed by atoms with Crippen LogP contribution in [0.3, 0.4) is 0 Å². The zero-order valence-corrected chi connectivity index (χ0v) is 12.0. The van der Waals surface area contributed by atoms with Gasteiger partial charge in [0.15, 0.2) is 5.78 Å². The molecule has 0 atom stereocenters. The number of aryl methyl sites for hydroxylation is 1. The van der Waals surface area contributed by atoms with E-state index in [0.29, 0.717) is 26.9 Å². The molecule has 0 N–H and O–H groups in total. The standard InChI is InChI=1S/C15H12Cl2O2/c1-9-3-4-11(8-14(9)19-2)15(18)10-5-6-12(16)13(17)7-10/h3-8H,1-2H3. The van der Waals surface area contributed by atoms with E-state index in [9.17, 15) is 4.79 Å². The van der Waals surface area contributed by atoms with E-state index in [1.807, 2.05) is 13.0 Å². The summed E-state index contributed by atoms with van der Waals surface area (Å²) >= 11 is 11.8. The molecule has 0 fully saturated rings. The highest BCUT2D eigenvalue weighted by atomic mass is 35.5. The van der Waals surface area contributed by atoms with Crippen LogP contribution in [0.1, 0.15) is 21.5 Å². The Morgan fingerprint density at radius 3 is 2.26 bits per heavy atom. The number of benzene rings is 2. The van der Waals surface area contributed by atoms with Crippen LogP contribution < -0.4 is 4.74 Å². The van der Waals surface area contributed by atoms with Gasteiger partial charge in [-0.15, -0.1) is 0 Å². The first-order chi connectivity index (χ1) is 9.02. The predicted molar refractivity (Wildman–Crippen MR) is 77.6 cm³/mol. The first-order valence-electron chi connectivity index (χ1n) is 5.67. The predicted octanol–water partition coefficient (Wildman–Crippen LogP) is 4.54. The second kappa shape index (κ2) is 5.64. The Hall–Kier alpha value is -1.51. The molecule has 0 unspecified atom stereocenters. The second-order valence-electron chi connectivity index (χ2n) is 4.14. The number of hydrogen-bond donors (Lipinski definition) is 0. The number of ether oxygens (including phenoxy) is 1. The topological polar surface area (TPSA) is 26.3 Å². The quantitative estimate of drug-likeness (QED) is 0.777. The summed E-state index contributed by atoms with van der Waals surface area (Å²) in [6.07, 6.45) is 0. The molecule has 0 amide bonds. The van der Waals surface area contributed by atoms with Crippen molar-refractivity contribution in [3.05, 3.63) is 63.1 Å². The van der Waals surface area contributed by atoms with Crippen LogP contribution in [0, 0.1) is 6.92 Å². The van der Waals surface area contributed by atoms with Gasteiger partial charge in [-0.3, -0.25) is 4.79 Å². The fourth-order valence-electron chi connectivity index (χ4n) is 1.77. The molecular formula is C15H12Cl2O2. The molecule has 0 radical (unpaired) electrons. The molecule has 0 aliphatic carbocycles. The Morgan fingerprint density at radius 1 is 1.00 bits per heavy atom. The van der Waals surface area contributed by atoms with Crippen molar-refractivity contribution >= 4 is 29.0 Å². The number of halogens is 2. The molecular weight excluding hydrogens is 283 g/mol. The van der Waals surface area contributed by atoms with E-state index >= 15 is 0 Å². The second-order valence-corrected chi connectivity index (χ2v) is 4.96. The number of hydrogen-bond acceptors (Lipinski definition) is 2. The average Bonchev–Trinajstić information content (AvgIpc) is 2.41. The third-order valence-corrected chi connectivity index (χ3v) is 3.59. The number of carbonyl (C=O) groups excluding carboxylic acids is 1. The van der Waals surface area contributed by atoms with Crippen molar-refractivity contribution in [3.8, 4) is 5.75 Å². The summed E-state index contributed by atoms with van der Waals surface area (Å²) in [7, 11) is 1.58. The minimum atomic E-state index is -0.114. The SMILES string of the molecule is COc1cc(C(=O)c2ccc(Cl)c(Cl)c2)ccc1C. The van der Waals surface area contributed by atoms with Gasteiger partial charge in [-0.2, -0.15) is 0 Å². The van der Waals surface area contributed by atoms with Crippen LogP contribution in [0.5, 0.6) is 5.75 Å². The zero-order valence-electron chi connectivity index (χ0n) is 10.5. The van der Waals surface area contributed by atoms with Crippen molar-refractivity contribution in [1.29, 1.82) is 0 Å². The van der Waals surface area contributed by atoms with Gasteiger partial charge in [0.2, 0.25) is 0 Å². The van der Waals surface area contributed by atoms with E-state index in [2.05, 4.69) is 0 Å². The molecule has 0 aromatic heterocycles. The molecule has 0 spiro atoms. The highest BCUT2D eigenvalue weighted by Crippen LogP contribution is 2.25. The van der Waals surface area contributed by atoms with E-state index in [0.717, 1.165) is 5.56 Å². The molecule has 2 rings (SSSR count). The average molecular weight is 295 g/mol. The molecule has 2 aromatic rings. The molecule has 19 heavy (non-hydrogen) atoms. The fourth-order valence-corrected chi connectivity index (χ4v) is 2.06. The van der Waals surface area contributed by atoms with Crippen molar-refractivity contribution < 1.29 is 9.53 Å². The molecule has 0 saturated carbocycles. The van der Waals surface area contributed by atoms with E-state index < -0.39 is 0 Å². The van der Waals surface area contributed by atoms with Crippen molar-refractivity contribution in [3.63, 3.8) is 0 Å². The van der Waals surface area contributed by atoms with E-state index in [1.165, 1.54) is 0 Å². The van der Waals surface area contributed by atoms with Crippen LogP contribution in [-0.4, -0.2) is 12.9 Å². The Balaban J connectivity index is 2.41. The maximum Gasteiger partial charge on any atom is 0.193 e. The lowest BCUT2D eigenvalue weighted by molar-refractivity contribution is 0.103. The number of rotatable bonds is 3. The van der Waals surface area contributed by atoms with Gasteiger partial charge in [-0.25, -0.2) is 0 Å². The third-order valence-electron chi connectivity index (χ3n) is 2.85. The highest BCUT2D eigenvalue weighted by Gasteiger charge is 2.12. The van der Waals surface area contributed by atoms with Gasteiger partial charge in [0.25, 0.3) is 0 Å². The molecule has 0 heterocycles. The first kappa shape index (κ1) is 13.9. The van der Waals surface area contributed by atoms with Crippen molar-refractivity contribution in [2.24, 2.45) is 0 Å². The summed E-state index contributed by atoms with van der Waals surface area (Å²) in [4.78, 5) is 12.3. The number of carbonyl (C=O) groups is 1. The molecule has 0 bridgehead atoms. The normalized spacial score (nSPS) is 10.3. The zero-order chi connectivity index (χ0) is 14.0. The molecule has 2 nitrogen and oxygen atoms in total. The van der Waals surface area contributed by atoms with E-state index in [4.69, 9.17) is 27.9 Å². The Bertz CT molecular complexity index is 636. The largest absolute Gasteiger partial charge is 0.496 e. The Kier molecular flexibility index (Phi) is 4.13. The van der Waals surface area contributed by atoms with Crippen LogP contribution in [0.15, 0.2) is 36.4 Å². The van der Waals surface area contributed by atoms with Gasteiger partial charge in [0, 0.05) is 11.1 Å². The lowest BCUT2D eigenvalue weighted by Crippen LogP contribution is -2.02. The summed E-state index contributed by atoms with van der Waals surface area (Å²) in [5.74, 6) is 0.572. The summed E-state index contributed by atoms with van der Waals surface area (Å²) in [6.45, 7) is 1.92. The fraction of sp³-hybridized carbons (Fsp3) is 0.133. The Labute approximate surface area is 121 Å². The van der Waals surface area contributed by atoms with Crippen molar-refractivity contribution in [2.75, 3.05) is 7.11 Å². The molecule has 0 aliphatic rings. The molecule has 98 valence electrons. The van der Waals surface area contributed by atoms with Gasteiger partial charge in [0.05, 0.1) is 17.2 Å². The summed E-state index contributed by atoms with van der Waals surface area (Å²) in [5, 5.41) is 0.797. The highest BCUT2D eigenvalue weighted by molar-refractivity contribution is 6.42. The lowest BCUT2D eigenvalue weighted by atomic mass is 10.0. The summed E-state index contributed by atoms with van der Waals surface area (Å²) in [6, 6.07) is 10.2. The third kappa shape index (κ3) is 2.91. The van der Waals surface area contributed by atoms with Crippen LogP contribution in [0.25, 0.3) is 0 Å². The molecule has 0 saturated heterocycles. The van der Waals surface area contributed by atoms with Crippen LogP contribution in [-0.2, 0) is 0 Å². The molecule has 2 aromatic carbocycles. The van der Waals surface area contributed by atoms with Crippen molar-refractivity contribution in [2.45, 2.75) is 6.92 Å². The minimum Gasteiger partial charge on any atom is -0.496 e. The van der Waals surface area contributed by atoms with Crippen LogP contribution in [0.4, 0.5) is 0 Å². The smallest absolute Gasteiger partial charge is 0.193 e. The van der Waals surface area contributed by atoms with Crippen LogP contribution in [0.2, 0.25) is 10.0 Å². The van der Waals surface area contributed by atoms with Gasteiger partial charge in [-0.1, -0.05) is 35.3 Å². The van der Waals surface area contributed by atoms with Gasteiger partial charge < -0.3 is 4.74 Å². The van der Waals surface area contributed by atoms with Gasteiger partial charge in [-0.05, 0) is 36.8 Å². The Morgan fingerprint density at radius 2 is 1.63 bits per heavy atom. The monoisotopic (exact) mass is 294 g/mol. The van der Waals surface area contributed by atoms with Crippen molar-refractivity contribution in [1.82, 2.24) is 0 Å². The summed E-state index contributed by atoms with van der Waals surface area (Å²) < 4.78 is 5.22. The molecule has 0 aliphatic heterocycles. The molecule has 4 heteroatoms. The van der Waals surface area contributed by atoms with E-state index in [-0.39, 0.29) is 5.78 Å². The van der Waals surface area contributed by atoms with E-state index in [1.54, 1.807) is 37.4 Å². The van der Waals surface area contributed by atoms with Gasteiger partial charge in [0.1, 0.15) is 5.75 Å². The number of methoxy groups -OCH3 is 1. The first-order valence-corrected chi connectivity index (χ1v) is 6.43. The van der Waals surface area contributed by atoms with Gasteiger partial charge >= 0.3 is 0 Å². The lowest BCUT2D eigenvalue weighted by Gasteiger charge is -2.07. The maximum absolute atomic E-state index is 12.3. The number of ketones is 1. The minimum absolute atomic E-state index is 0.114. The summed E-state index contributed by atoms with van der Waals surface area (Å²) in [5.41, 5.74) is 2.04. The van der Waals surface area contributed by atoms with Crippen LogP contribution >= 0.6 is 23.2 Å².